The maximum atomic E-state index is 11.6. The lowest BCUT2D eigenvalue weighted by atomic mass is 10.1. The quantitative estimate of drug-likeness (QED) is 0.210. The number of esters is 1. The van der Waals surface area contributed by atoms with Gasteiger partial charge in [0.1, 0.15) is 0 Å². The molecule has 1 aliphatic rings. The molecule has 1 saturated heterocycles. The van der Waals surface area contributed by atoms with Crippen molar-refractivity contribution in [2.24, 2.45) is 0 Å². The zero-order chi connectivity index (χ0) is 17.5. The van der Waals surface area contributed by atoms with E-state index in [0.717, 1.165) is 24.2 Å². The Hall–Kier alpha value is -0.620. The van der Waals surface area contributed by atoms with E-state index in [4.69, 9.17) is 4.74 Å². The van der Waals surface area contributed by atoms with Gasteiger partial charge in [-0.1, -0.05) is 60.3 Å². The van der Waals surface area contributed by atoms with Crippen LogP contribution >= 0.6 is 21.6 Å². The van der Waals surface area contributed by atoms with Crippen LogP contribution in [0, 0.1) is 0 Å². The Kier molecular flexibility index (Phi) is 13.1. The molecule has 0 bridgehead atoms. The van der Waals surface area contributed by atoms with E-state index in [9.17, 15) is 9.59 Å². The number of carbonyl (C=O) groups excluding carboxylic acids is 2. The lowest BCUT2D eigenvalue weighted by Crippen LogP contribution is -2.25. The molecular formula is C18H31NO3S2. The molecule has 138 valence electrons. The van der Waals surface area contributed by atoms with E-state index in [0.29, 0.717) is 26.0 Å². The molecule has 1 heterocycles. The summed E-state index contributed by atoms with van der Waals surface area (Å²) in [5, 5.41) is 3.76. The Labute approximate surface area is 154 Å². The largest absolute Gasteiger partial charge is 0.462 e. The predicted octanol–water partition coefficient (Wildman–Crippen LogP) is 4.50. The third kappa shape index (κ3) is 11.8. The molecule has 1 atom stereocenters. The van der Waals surface area contributed by atoms with Crippen molar-refractivity contribution in [2.45, 2.75) is 69.5 Å². The van der Waals surface area contributed by atoms with Crippen molar-refractivity contribution in [3.63, 3.8) is 0 Å². The first-order valence-corrected chi connectivity index (χ1v) is 11.4. The zero-order valence-electron chi connectivity index (χ0n) is 14.6. The first-order chi connectivity index (χ1) is 11.7. The van der Waals surface area contributed by atoms with Crippen molar-refractivity contribution in [3.05, 3.63) is 12.7 Å². The van der Waals surface area contributed by atoms with Crippen molar-refractivity contribution in [1.82, 2.24) is 5.32 Å². The van der Waals surface area contributed by atoms with Gasteiger partial charge in [0, 0.05) is 30.0 Å². The fourth-order valence-electron chi connectivity index (χ4n) is 2.55. The number of nitrogens with one attached hydrogen (secondary N) is 1. The minimum Gasteiger partial charge on any atom is -0.462 e. The maximum Gasteiger partial charge on any atom is 0.330 e. The van der Waals surface area contributed by atoms with Gasteiger partial charge >= 0.3 is 5.97 Å². The highest BCUT2D eigenvalue weighted by Gasteiger charge is 2.15. The number of hydrogen-bond acceptors (Lipinski definition) is 5. The summed E-state index contributed by atoms with van der Waals surface area (Å²) in [6.07, 6.45) is 12.5. The minimum atomic E-state index is -0.415. The predicted molar refractivity (Wildman–Crippen MR) is 104 cm³/mol. The number of hydrogen-bond donors (Lipinski definition) is 1. The molecule has 24 heavy (non-hydrogen) atoms. The third-order valence-corrected chi connectivity index (χ3v) is 6.97. The summed E-state index contributed by atoms with van der Waals surface area (Å²) < 4.78 is 4.84. The molecule has 0 aromatic carbocycles. The third-order valence-electron chi connectivity index (χ3n) is 3.96. The van der Waals surface area contributed by atoms with Crippen molar-refractivity contribution in [1.29, 1.82) is 0 Å². The second-order valence-corrected chi connectivity index (χ2v) is 8.85. The second kappa shape index (κ2) is 14.7. The van der Waals surface area contributed by atoms with Gasteiger partial charge in [-0.25, -0.2) is 4.79 Å². The van der Waals surface area contributed by atoms with E-state index in [2.05, 4.69) is 22.7 Å². The molecule has 0 aromatic heterocycles. The molecule has 4 nitrogen and oxygen atoms in total. The summed E-state index contributed by atoms with van der Waals surface area (Å²) in [4.78, 5) is 22.5. The summed E-state index contributed by atoms with van der Waals surface area (Å²) in [5.74, 6) is 1.01. The van der Waals surface area contributed by atoms with Gasteiger partial charge in [0.15, 0.2) is 0 Å². The maximum absolute atomic E-state index is 11.6. The number of amides is 1. The molecule has 1 amide bonds. The smallest absolute Gasteiger partial charge is 0.330 e. The first kappa shape index (κ1) is 21.4. The molecular weight excluding hydrogens is 342 g/mol. The van der Waals surface area contributed by atoms with Crippen LogP contribution < -0.4 is 5.32 Å². The fourth-order valence-corrected chi connectivity index (χ4v) is 5.58. The van der Waals surface area contributed by atoms with E-state index in [-0.39, 0.29) is 5.91 Å². The van der Waals surface area contributed by atoms with Crippen molar-refractivity contribution >= 4 is 33.5 Å². The minimum absolute atomic E-state index is 0.0980. The summed E-state index contributed by atoms with van der Waals surface area (Å²) >= 11 is 0. The van der Waals surface area contributed by atoms with Gasteiger partial charge < -0.3 is 10.1 Å². The van der Waals surface area contributed by atoms with Crippen LogP contribution in [0.1, 0.15) is 64.2 Å². The normalized spacial score (nSPS) is 16.8. The summed E-state index contributed by atoms with van der Waals surface area (Å²) in [7, 11) is 4.10. The first-order valence-electron chi connectivity index (χ1n) is 9.06. The monoisotopic (exact) mass is 373 g/mol. The van der Waals surface area contributed by atoms with Crippen LogP contribution in [0.25, 0.3) is 0 Å². The molecule has 6 heteroatoms. The van der Waals surface area contributed by atoms with Crippen molar-refractivity contribution in [2.75, 3.05) is 18.9 Å². The molecule has 0 aliphatic carbocycles. The molecule has 0 aromatic rings. The second-order valence-electron chi connectivity index (χ2n) is 6.06. The van der Waals surface area contributed by atoms with Gasteiger partial charge in [-0.15, -0.1) is 0 Å². The summed E-state index contributed by atoms with van der Waals surface area (Å²) in [6.45, 7) is 4.20. The van der Waals surface area contributed by atoms with E-state index in [1.54, 1.807) is 0 Å². The van der Waals surface area contributed by atoms with Crippen LogP contribution in [0.15, 0.2) is 12.7 Å². The van der Waals surface area contributed by atoms with Gasteiger partial charge in [-0.2, -0.15) is 0 Å². The Morgan fingerprint density at radius 3 is 2.58 bits per heavy atom. The standard InChI is InChI=1S/C18H31NO3S2/c1-2-18(21)22-14-9-13-19-17(20)11-8-6-4-3-5-7-10-16-12-15-23-24-16/h2,16H,1,3-15H2,(H,19,20). The van der Waals surface area contributed by atoms with Gasteiger partial charge in [-0.05, 0) is 25.7 Å². The van der Waals surface area contributed by atoms with E-state index >= 15 is 0 Å². The highest BCUT2D eigenvalue weighted by molar-refractivity contribution is 8.77. The molecule has 1 rings (SSSR count). The van der Waals surface area contributed by atoms with Gasteiger partial charge in [-0.3, -0.25) is 4.79 Å². The van der Waals surface area contributed by atoms with E-state index in [1.807, 2.05) is 10.8 Å². The van der Waals surface area contributed by atoms with Crippen molar-refractivity contribution in [3.8, 4) is 0 Å². The lowest BCUT2D eigenvalue weighted by Gasteiger charge is -2.07. The van der Waals surface area contributed by atoms with Gasteiger partial charge in [0.25, 0.3) is 0 Å². The Morgan fingerprint density at radius 1 is 1.12 bits per heavy atom. The fraction of sp³-hybridized carbons (Fsp3) is 0.778. The summed E-state index contributed by atoms with van der Waals surface area (Å²) in [6, 6.07) is 0. The van der Waals surface area contributed by atoms with Crippen LogP contribution in [-0.2, 0) is 14.3 Å². The van der Waals surface area contributed by atoms with Crippen LogP contribution in [0.5, 0.6) is 0 Å². The average Bonchev–Trinajstić information content (AvgIpc) is 3.10. The zero-order valence-corrected chi connectivity index (χ0v) is 16.2. The molecule has 0 spiro atoms. The van der Waals surface area contributed by atoms with Gasteiger partial charge in [0.2, 0.25) is 5.91 Å². The van der Waals surface area contributed by atoms with Gasteiger partial charge in [0.05, 0.1) is 6.61 Å². The van der Waals surface area contributed by atoms with Crippen LogP contribution in [0.2, 0.25) is 0 Å². The lowest BCUT2D eigenvalue weighted by molar-refractivity contribution is -0.137. The molecule has 0 radical (unpaired) electrons. The Bertz CT molecular complexity index is 371. The van der Waals surface area contributed by atoms with E-state index < -0.39 is 5.97 Å². The molecule has 1 fully saturated rings. The number of carbonyl (C=O) groups is 2. The Balaban J connectivity index is 1.78. The highest BCUT2D eigenvalue weighted by atomic mass is 33.1. The van der Waals surface area contributed by atoms with Crippen LogP contribution in [-0.4, -0.2) is 36.0 Å². The molecule has 1 N–H and O–H groups in total. The summed E-state index contributed by atoms with van der Waals surface area (Å²) in [5.41, 5.74) is 0. The SMILES string of the molecule is C=CC(=O)OCCCNC(=O)CCCCCCCCC1CCSS1. The number of ether oxygens (including phenoxy) is 1. The molecule has 1 aliphatic heterocycles. The topological polar surface area (TPSA) is 55.4 Å². The van der Waals surface area contributed by atoms with E-state index in [1.165, 1.54) is 44.3 Å². The molecule has 0 saturated carbocycles. The number of rotatable bonds is 14. The average molecular weight is 374 g/mol. The number of unbranched alkanes of at least 4 members (excludes halogenated alkanes) is 5. The van der Waals surface area contributed by atoms with Crippen molar-refractivity contribution < 1.29 is 14.3 Å². The highest BCUT2D eigenvalue weighted by Crippen LogP contribution is 2.39. The van der Waals surface area contributed by atoms with Crippen LogP contribution in [0.3, 0.4) is 0 Å². The molecule has 1 unspecified atom stereocenters. The van der Waals surface area contributed by atoms with Crippen LogP contribution in [0.4, 0.5) is 0 Å². The Morgan fingerprint density at radius 2 is 1.88 bits per heavy atom.